The number of rotatable bonds is 2. The molecule has 0 radical (unpaired) electrons. The molecule has 0 saturated carbocycles. The molecule has 1 saturated heterocycles. The van der Waals surface area contributed by atoms with E-state index in [9.17, 15) is 0 Å². The van der Waals surface area contributed by atoms with Crippen molar-refractivity contribution in [3.05, 3.63) is 12.7 Å². The van der Waals surface area contributed by atoms with Crippen LogP contribution in [-0.4, -0.2) is 37.6 Å². The van der Waals surface area contributed by atoms with Crippen LogP contribution < -0.4 is 5.32 Å². The predicted octanol–water partition coefficient (Wildman–Crippen LogP) is 0.327. The molecule has 0 aromatic heterocycles. The lowest BCUT2D eigenvalue weighted by molar-refractivity contribution is 0.265. The number of hydrogen-bond donors (Lipinski definition) is 1. The summed E-state index contributed by atoms with van der Waals surface area (Å²) in [6, 6.07) is 0. The summed E-state index contributed by atoms with van der Waals surface area (Å²) in [7, 11) is 0. The predicted molar refractivity (Wildman–Crippen MR) is 49.4 cm³/mol. The maximum Gasteiger partial charge on any atom is 0.0161 e. The molecule has 11 heavy (non-hydrogen) atoms. The van der Waals surface area contributed by atoms with Crippen molar-refractivity contribution in [3.8, 4) is 12.8 Å². The number of nitrogens with zero attached hydrogens (tertiary/aromatic N) is 1. The first-order chi connectivity index (χ1) is 5.43. The Balaban J connectivity index is 0.000000461. The number of hydrogen-bond acceptors (Lipinski definition) is 2. The Hall–Kier alpha value is -0.780. The highest BCUT2D eigenvalue weighted by Crippen LogP contribution is 1.89. The standard InChI is InChI=1S/C7H14N2.C2H2/c1-2-5-9-6-3-8-4-7-9;1-2/h2,8H,1,3-7H2;1-2H. The summed E-state index contributed by atoms with van der Waals surface area (Å²) in [5.74, 6) is 0. The molecule has 1 aliphatic rings. The minimum absolute atomic E-state index is 1.04. The number of terminal acetylenes is 1. The average molecular weight is 152 g/mol. The summed E-state index contributed by atoms with van der Waals surface area (Å²) in [5.41, 5.74) is 0. The Kier molecular flexibility index (Phi) is 6.81. The lowest BCUT2D eigenvalue weighted by Crippen LogP contribution is -2.43. The van der Waals surface area contributed by atoms with Crippen molar-refractivity contribution in [1.82, 2.24) is 10.2 Å². The van der Waals surface area contributed by atoms with Gasteiger partial charge in [-0.15, -0.1) is 19.4 Å². The quantitative estimate of drug-likeness (QED) is 0.453. The first-order valence-electron chi connectivity index (χ1n) is 3.81. The van der Waals surface area contributed by atoms with E-state index in [1.54, 1.807) is 0 Å². The van der Waals surface area contributed by atoms with E-state index in [0.717, 1.165) is 19.6 Å². The summed E-state index contributed by atoms with van der Waals surface area (Å²) in [6.07, 6.45) is 9.96. The van der Waals surface area contributed by atoms with Crippen LogP contribution in [0.1, 0.15) is 0 Å². The monoisotopic (exact) mass is 152 g/mol. The van der Waals surface area contributed by atoms with Gasteiger partial charge in [-0.25, -0.2) is 0 Å². The molecule has 1 heterocycles. The Labute approximate surface area is 69.3 Å². The van der Waals surface area contributed by atoms with E-state index >= 15 is 0 Å². The Morgan fingerprint density at radius 1 is 1.36 bits per heavy atom. The second-order valence-electron chi connectivity index (χ2n) is 2.34. The first-order valence-corrected chi connectivity index (χ1v) is 3.81. The van der Waals surface area contributed by atoms with Gasteiger partial charge >= 0.3 is 0 Å². The average Bonchev–Trinajstić information content (AvgIpc) is 2.11. The van der Waals surface area contributed by atoms with Gasteiger partial charge in [-0.1, -0.05) is 6.08 Å². The summed E-state index contributed by atoms with van der Waals surface area (Å²) >= 11 is 0. The fourth-order valence-corrected chi connectivity index (χ4v) is 1.08. The van der Waals surface area contributed by atoms with Gasteiger partial charge in [-0.05, 0) is 0 Å². The van der Waals surface area contributed by atoms with Gasteiger partial charge in [-0.2, -0.15) is 0 Å². The second-order valence-corrected chi connectivity index (χ2v) is 2.34. The zero-order valence-electron chi connectivity index (χ0n) is 6.92. The van der Waals surface area contributed by atoms with Gasteiger partial charge in [0.1, 0.15) is 0 Å². The highest BCUT2D eigenvalue weighted by Gasteiger charge is 2.05. The minimum atomic E-state index is 1.04. The fraction of sp³-hybridized carbons (Fsp3) is 0.556. The molecule has 0 aliphatic carbocycles. The molecular formula is C9H16N2. The van der Waals surface area contributed by atoms with Crippen LogP contribution in [0, 0.1) is 12.8 Å². The normalized spacial score (nSPS) is 18.0. The third-order valence-electron chi connectivity index (χ3n) is 1.60. The maximum absolute atomic E-state index is 4.00. The molecule has 1 N–H and O–H groups in total. The van der Waals surface area contributed by atoms with E-state index < -0.39 is 0 Å². The molecule has 1 aliphatic heterocycles. The van der Waals surface area contributed by atoms with Crippen molar-refractivity contribution in [1.29, 1.82) is 0 Å². The van der Waals surface area contributed by atoms with E-state index in [2.05, 4.69) is 29.6 Å². The van der Waals surface area contributed by atoms with Crippen LogP contribution in [0.15, 0.2) is 12.7 Å². The van der Waals surface area contributed by atoms with Gasteiger partial charge in [0.15, 0.2) is 0 Å². The molecular weight excluding hydrogens is 136 g/mol. The molecule has 0 bridgehead atoms. The van der Waals surface area contributed by atoms with Gasteiger partial charge in [0, 0.05) is 32.7 Å². The largest absolute Gasteiger partial charge is 0.314 e. The van der Waals surface area contributed by atoms with Crippen molar-refractivity contribution in [2.75, 3.05) is 32.7 Å². The molecule has 2 nitrogen and oxygen atoms in total. The van der Waals surface area contributed by atoms with Crippen molar-refractivity contribution >= 4 is 0 Å². The first kappa shape index (κ1) is 10.2. The molecule has 1 rings (SSSR count). The van der Waals surface area contributed by atoms with Gasteiger partial charge in [0.2, 0.25) is 0 Å². The second kappa shape index (κ2) is 7.33. The third kappa shape index (κ3) is 4.60. The molecule has 2 heteroatoms. The van der Waals surface area contributed by atoms with Gasteiger partial charge in [-0.3, -0.25) is 4.90 Å². The van der Waals surface area contributed by atoms with E-state index in [1.165, 1.54) is 13.1 Å². The molecule has 1 fully saturated rings. The lowest BCUT2D eigenvalue weighted by atomic mass is 10.3. The Bertz CT molecular complexity index is 112. The van der Waals surface area contributed by atoms with E-state index in [4.69, 9.17) is 0 Å². The molecule has 0 amide bonds. The van der Waals surface area contributed by atoms with Crippen molar-refractivity contribution in [2.45, 2.75) is 0 Å². The van der Waals surface area contributed by atoms with E-state index in [1.807, 2.05) is 6.08 Å². The Morgan fingerprint density at radius 2 is 1.91 bits per heavy atom. The Morgan fingerprint density at radius 3 is 2.36 bits per heavy atom. The lowest BCUT2D eigenvalue weighted by Gasteiger charge is -2.25. The highest BCUT2D eigenvalue weighted by molar-refractivity contribution is 4.76. The molecule has 0 atom stereocenters. The summed E-state index contributed by atoms with van der Waals surface area (Å²) in [5, 5.41) is 3.30. The maximum atomic E-state index is 4.00. The van der Waals surface area contributed by atoms with Crippen LogP contribution in [0.5, 0.6) is 0 Å². The van der Waals surface area contributed by atoms with Gasteiger partial charge in [0.25, 0.3) is 0 Å². The van der Waals surface area contributed by atoms with E-state index in [0.29, 0.717) is 0 Å². The van der Waals surface area contributed by atoms with Crippen LogP contribution in [0.25, 0.3) is 0 Å². The van der Waals surface area contributed by atoms with Crippen LogP contribution in [-0.2, 0) is 0 Å². The molecule has 0 aromatic rings. The number of nitrogens with one attached hydrogen (secondary N) is 1. The fourth-order valence-electron chi connectivity index (χ4n) is 1.08. The van der Waals surface area contributed by atoms with Crippen LogP contribution in [0.4, 0.5) is 0 Å². The summed E-state index contributed by atoms with van der Waals surface area (Å²) in [4.78, 5) is 2.39. The molecule has 0 aromatic carbocycles. The van der Waals surface area contributed by atoms with Crippen LogP contribution in [0.3, 0.4) is 0 Å². The SMILES string of the molecule is C#C.C=CCN1CCNCC1. The zero-order chi connectivity index (χ0) is 8.53. The molecule has 0 spiro atoms. The van der Waals surface area contributed by atoms with Crippen molar-refractivity contribution in [2.24, 2.45) is 0 Å². The van der Waals surface area contributed by atoms with Crippen LogP contribution >= 0.6 is 0 Å². The topological polar surface area (TPSA) is 15.3 Å². The summed E-state index contributed by atoms with van der Waals surface area (Å²) in [6.45, 7) is 9.35. The third-order valence-corrected chi connectivity index (χ3v) is 1.60. The molecule has 0 unspecified atom stereocenters. The zero-order valence-corrected chi connectivity index (χ0v) is 6.92. The van der Waals surface area contributed by atoms with Gasteiger partial charge in [0.05, 0.1) is 0 Å². The van der Waals surface area contributed by atoms with Crippen LogP contribution in [0.2, 0.25) is 0 Å². The van der Waals surface area contributed by atoms with Crippen molar-refractivity contribution < 1.29 is 0 Å². The minimum Gasteiger partial charge on any atom is -0.314 e. The number of piperazine rings is 1. The van der Waals surface area contributed by atoms with Crippen molar-refractivity contribution in [3.63, 3.8) is 0 Å². The summed E-state index contributed by atoms with van der Waals surface area (Å²) < 4.78 is 0. The highest BCUT2D eigenvalue weighted by atomic mass is 15.2. The smallest absolute Gasteiger partial charge is 0.0161 e. The van der Waals surface area contributed by atoms with Gasteiger partial charge < -0.3 is 5.32 Å². The van der Waals surface area contributed by atoms with E-state index in [-0.39, 0.29) is 0 Å². The molecule has 62 valence electrons.